The van der Waals surface area contributed by atoms with E-state index in [-0.39, 0.29) is 5.56 Å². The van der Waals surface area contributed by atoms with Crippen LogP contribution in [0.25, 0.3) is 11.1 Å². The summed E-state index contributed by atoms with van der Waals surface area (Å²) in [7, 11) is 0. The molecule has 0 unspecified atom stereocenters. The van der Waals surface area contributed by atoms with Gasteiger partial charge < -0.3 is 10.1 Å². The summed E-state index contributed by atoms with van der Waals surface area (Å²) in [6, 6.07) is 9.25. The Kier molecular flexibility index (Phi) is 3.80. The zero-order chi connectivity index (χ0) is 13.8. The fourth-order valence-corrected chi connectivity index (χ4v) is 2.07. The van der Waals surface area contributed by atoms with Gasteiger partial charge in [0.25, 0.3) is 5.56 Å². The van der Waals surface area contributed by atoms with Crippen molar-refractivity contribution in [2.45, 2.75) is 19.8 Å². The molecule has 4 nitrogen and oxygen atoms in total. The molecule has 4 heteroatoms. The van der Waals surface area contributed by atoms with Gasteiger partial charge in [0.1, 0.15) is 5.56 Å². The Balaban J connectivity index is 2.50. The monoisotopic (exact) mass is 257 g/mol. The fraction of sp³-hybridized carbons (Fsp3) is 0.200. The van der Waals surface area contributed by atoms with Crippen molar-refractivity contribution in [2.24, 2.45) is 0 Å². The third-order valence-corrected chi connectivity index (χ3v) is 2.98. The summed E-state index contributed by atoms with van der Waals surface area (Å²) in [4.78, 5) is 25.1. The van der Waals surface area contributed by atoms with Crippen LogP contribution < -0.4 is 5.56 Å². The van der Waals surface area contributed by atoms with E-state index in [0.29, 0.717) is 5.56 Å². The number of nitrogens with one attached hydrogen (secondary N) is 1. The molecule has 0 saturated heterocycles. The Labute approximate surface area is 110 Å². The third-order valence-electron chi connectivity index (χ3n) is 2.98. The second-order valence-corrected chi connectivity index (χ2v) is 4.35. The molecule has 0 aliphatic carbocycles. The van der Waals surface area contributed by atoms with Crippen molar-refractivity contribution in [3.8, 4) is 11.1 Å². The molecule has 0 fully saturated rings. The smallest absolute Gasteiger partial charge is 0.341 e. The second kappa shape index (κ2) is 5.52. The molecule has 1 heterocycles. The predicted octanol–water partition coefficient (Wildman–Crippen LogP) is 2.69. The SMILES string of the molecule is CCCc1ccc(-c2cc[nH]c(=O)c2C(=O)O)cc1. The third kappa shape index (κ3) is 2.73. The number of hydrogen-bond acceptors (Lipinski definition) is 2. The molecule has 0 atom stereocenters. The van der Waals surface area contributed by atoms with E-state index in [4.69, 9.17) is 5.11 Å². The first-order chi connectivity index (χ1) is 9.13. The lowest BCUT2D eigenvalue weighted by Crippen LogP contribution is -2.18. The van der Waals surface area contributed by atoms with Crippen molar-refractivity contribution >= 4 is 5.97 Å². The molecule has 1 aromatic heterocycles. The highest BCUT2D eigenvalue weighted by molar-refractivity contribution is 5.95. The van der Waals surface area contributed by atoms with Gasteiger partial charge in [0, 0.05) is 11.8 Å². The Morgan fingerprint density at radius 3 is 2.47 bits per heavy atom. The first-order valence-corrected chi connectivity index (χ1v) is 6.17. The normalized spacial score (nSPS) is 10.4. The number of aryl methyl sites for hydroxylation is 1. The summed E-state index contributed by atoms with van der Waals surface area (Å²) in [5.41, 5.74) is 1.59. The molecule has 0 bridgehead atoms. The Morgan fingerprint density at radius 2 is 1.89 bits per heavy atom. The number of H-pyrrole nitrogens is 1. The maximum atomic E-state index is 11.6. The van der Waals surface area contributed by atoms with Crippen LogP contribution in [-0.2, 0) is 6.42 Å². The van der Waals surface area contributed by atoms with Crippen LogP contribution in [0.5, 0.6) is 0 Å². The summed E-state index contributed by atoms with van der Waals surface area (Å²) in [5, 5.41) is 9.13. The highest BCUT2D eigenvalue weighted by Crippen LogP contribution is 2.22. The summed E-state index contributed by atoms with van der Waals surface area (Å²) < 4.78 is 0. The number of carboxylic acid groups (broad SMARTS) is 1. The number of carboxylic acids is 1. The number of aromatic nitrogens is 1. The molecule has 1 aromatic carbocycles. The lowest BCUT2D eigenvalue weighted by atomic mass is 9.99. The number of rotatable bonds is 4. The van der Waals surface area contributed by atoms with Gasteiger partial charge in [0.2, 0.25) is 0 Å². The predicted molar refractivity (Wildman–Crippen MR) is 73.5 cm³/mol. The van der Waals surface area contributed by atoms with Gasteiger partial charge in [-0.15, -0.1) is 0 Å². The number of carbonyl (C=O) groups is 1. The lowest BCUT2D eigenvalue weighted by Gasteiger charge is -2.06. The van der Waals surface area contributed by atoms with Crippen LogP contribution >= 0.6 is 0 Å². The molecule has 19 heavy (non-hydrogen) atoms. The van der Waals surface area contributed by atoms with E-state index in [1.165, 1.54) is 11.8 Å². The topological polar surface area (TPSA) is 70.2 Å². The molecule has 2 rings (SSSR count). The van der Waals surface area contributed by atoms with Crippen LogP contribution in [0.3, 0.4) is 0 Å². The quantitative estimate of drug-likeness (QED) is 0.884. The van der Waals surface area contributed by atoms with Crippen molar-refractivity contribution in [1.82, 2.24) is 4.98 Å². The van der Waals surface area contributed by atoms with E-state index in [9.17, 15) is 9.59 Å². The van der Waals surface area contributed by atoms with E-state index in [1.807, 2.05) is 24.3 Å². The van der Waals surface area contributed by atoms with Crippen LogP contribution in [0.4, 0.5) is 0 Å². The van der Waals surface area contributed by atoms with Gasteiger partial charge in [-0.3, -0.25) is 4.79 Å². The van der Waals surface area contributed by atoms with Gasteiger partial charge in [0.15, 0.2) is 0 Å². The zero-order valence-electron chi connectivity index (χ0n) is 10.6. The summed E-state index contributed by atoms with van der Waals surface area (Å²) in [6.07, 6.45) is 3.51. The number of aromatic amines is 1. The van der Waals surface area contributed by atoms with Crippen LogP contribution in [0.1, 0.15) is 29.3 Å². The fourth-order valence-electron chi connectivity index (χ4n) is 2.07. The number of aromatic carboxylic acids is 1. The lowest BCUT2D eigenvalue weighted by molar-refractivity contribution is 0.0696. The molecule has 0 aliphatic heterocycles. The number of benzene rings is 1. The van der Waals surface area contributed by atoms with Crippen LogP contribution in [0.15, 0.2) is 41.3 Å². The summed E-state index contributed by atoms with van der Waals surface area (Å²) >= 11 is 0. The van der Waals surface area contributed by atoms with Crippen molar-refractivity contribution < 1.29 is 9.90 Å². The molecule has 98 valence electrons. The minimum atomic E-state index is -1.21. The highest BCUT2D eigenvalue weighted by atomic mass is 16.4. The zero-order valence-corrected chi connectivity index (χ0v) is 10.6. The van der Waals surface area contributed by atoms with Crippen LogP contribution in [0.2, 0.25) is 0 Å². The highest BCUT2D eigenvalue weighted by Gasteiger charge is 2.15. The minimum Gasteiger partial charge on any atom is -0.477 e. The van der Waals surface area contributed by atoms with E-state index in [2.05, 4.69) is 11.9 Å². The molecule has 0 radical (unpaired) electrons. The molecule has 0 saturated carbocycles. The van der Waals surface area contributed by atoms with Gasteiger partial charge in [-0.1, -0.05) is 37.6 Å². The first-order valence-electron chi connectivity index (χ1n) is 6.17. The van der Waals surface area contributed by atoms with E-state index in [1.54, 1.807) is 6.07 Å². The minimum absolute atomic E-state index is 0.217. The van der Waals surface area contributed by atoms with Crippen LogP contribution in [-0.4, -0.2) is 16.1 Å². The molecular formula is C15H15NO3. The summed E-state index contributed by atoms with van der Waals surface area (Å²) in [6.45, 7) is 2.10. The number of pyridine rings is 1. The van der Waals surface area contributed by atoms with E-state index >= 15 is 0 Å². The molecule has 0 amide bonds. The van der Waals surface area contributed by atoms with Gasteiger partial charge in [-0.05, 0) is 23.6 Å². The number of hydrogen-bond donors (Lipinski definition) is 2. The van der Waals surface area contributed by atoms with E-state index < -0.39 is 11.5 Å². The standard InChI is InChI=1S/C15H15NO3/c1-2-3-10-4-6-11(7-5-10)12-8-9-16-14(17)13(12)15(18)19/h4-9H,2-3H2,1H3,(H,16,17)(H,18,19). The molecule has 0 spiro atoms. The van der Waals surface area contributed by atoms with Crippen molar-refractivity contribution in [1.29, 1.82) is 0 Å². The Hall–Kier alpha value is -2.36. The molecule has 2 N–H and O–H groups in total. The molecule has 2 aromatic rings. The second-order valence-electron chi connectivity index (χ2n) is 4.35. The van der Waals surface area contributed by atoms with E-state index in [0.717, 1.165) is 18.4 Å². The summed E-state index contributed by atoms with van der Waals surface area (Å²) in [5.74, 6) is -1.21. The average molecular weight is 257 g/mol. The molecular weight excluding hydrogens is 242 g/mol. The average Bonchev–Trinajstić information content (AvgIpc) is 2.39. The maximum absolute atomic E-state index is 11.6. The maximum Gasteiger partial charge on any atom is 0.341 e. The van der Waals surface area contributed by atoms with Gasteiger partial charge in [-0.25, -0.2) is 4.79 Å². The Morgan fingerprint density at radius 1 is 1.21 bits per heavy atom. The van der Waals surface area contributed by atoms with Gasteiger partial charge >= 0.3 is 5.97 Å². The van der Waals surface area contributed by atoms with Gasteiger partial charge in [-0.2, -0.15) is 0 Å². The largest absolute Gasteiger partial charge is 0.477 e. The van der Waals surface area contributed by atoms with Crippen molar-refractivity contribution in [3.63, 3.8) is 0 Å². The Bertz CT molecular complexity index is 641. The van der Waals surface area contributed by atoms with Crippen molar-refractivity contribution in [3.05, 3.63) is 58.0 Å². The molecule has 0 aliphatic rings. The van der Waals surface area contributed by atoms with Gasteiger partial charge in [0.05, 0.1) is 0 Å². The first kappa shape index (κ1) is 13.1. The van der Waals surface area contributed by atoms with Crippen molar-refractivity contribution in [2.75, 3.05) is 0 Å². The van der Waals surface area contributed by atoms with Crippen LogP contribution in [0, 0.1) is 0 Å².